The predicted octanol–water partition coefficient (Wildman–Crippen LogP) is 2.14. The zero-order valence-corrected chi connectivity index (χ0v) is 10.7. The van der Waals surface area contributed by atoms with Gasteiger partial charge in [0.25, 0.3) is 0 Å². The summed E-state index contributed by atoms with van der Waals surface area (Å²) in [5.74, 6) is 1.72. The minimum atomic E-state index is 0. The first-order valence-electron chi connectivity index (χ1n) is 4.46. The fraction of sp³-hybridized carbons (Fsp3) is 0.400. The lowest BCUT2D eigenvalue weighted by atomic mass is 10.0. The van der Waals surface area contributed by atoms with E-state index in [1.54, 1.807) is 7.11 Å². The van der Waals surface area contributed by atoms with Gasteiger partial charge >= 0.3 is 0 Å². The standard InChI is InChI=1S/C10H12BrNO2.ClH/c1-13-9-3-2-8-7(10(9)11)4-6(12)5-14-8;/h2-3,6H,4-5,12H2,1H3;1H. The summed E-state index contributed by atoms with van der Waals surface area (Å²) in [4.78, 5) is 0. The number of hydrogen-bond donors (Lipinski definition) is 1. The molecular weight excluding hydrogens is 281 g/mol. The lowest BCUT2D eigenvalue weighted by Gasteiger charge is -2.24. The molecule has 15 heavy (non-hydrogen) atoms. The third-order valence-corrected chi connectivity index (χ3v) is 3.17. The van der Waals surface area contributed by atoms with Gasteiger partial charge in [-0.05, 0) is 34.5 Å². The van der Waals surface area contributed by atoms with Gasteiger partial charge in [-0.3, -0.25) is 0 Å². The quantitative estimate of drug-likeness (QED) is 0.863. The molecule has 5 heteroatoms. The van der Waals surface area contributed by atoms with Crippen LogP contribution in [0.25, 0.3) is 0 Å². The number of methoxy groups -OCH3 is 1. The second-order valence-electron chi connectivity index (χ2n) is 3.33. The molecule has 2 rings (SSSR count). The fourth-order valence-corrected chi connectivity index (χ4v) is 2.23. The molecule has 0 aromatic heterocycles. The Hall–Kier alpha value is -0.450. The second kappa shape index (κ2) is 5.05. The number of benzene rings is 1. The third kappa shape index (κ3) is 2.38. The van der Waals surface area contributed by atoms with Crippen LogP contribution in [0.4, 0.5) is 0 Å². The lowest BCUT2D eigenvalue weighted by Crippen LogP contribution is -2.34. The highest BCUT2D eigenvalue weighted by Crippen LogP contribution is 2.37. The maximum Gasteiger partial charge on any atom is 0.133 e. The number of halogens is 2. The molecule has 1 aromatic rings. The average Bonchev–Trinajstić information content (AvgIpc) is 2.20. The summed E-state index contributed by atoms with van der Waals surface area (Å²) in [7, 11) is 1.65. The van der Waals surface area contributed by atoms with E-state index in [9.17, 15) is 0 Å². The summed E-state index contributed by atoms with van der Waals surface area (Å²) < 4.78 is 11.7. The van der Waals surface area contributed by atoms with Crippen molar-refractivity contribution in [1.82, 2.24) is 0 Å². The van der Waals surface area contributed by atoms with Crippen LogP contribution in [0, 0.1) is 0 Å². The first kappa shape index (κ1) is 12.6. The topological polar surface area (TPSA) is 44.5 Å². The van der Waals surface area contributed by atoms with Crippen LogP contribution in [-0.4, -0.2) is 19.8 Å². The van der Waals surface area contributed by atoms with Crippen molar-refractivity contribution < 1.29 is 9.47 Å². The highest BCUT2D eigenvalue weighted by atomic mass is 79.9. The van der Waals surface area contributed by atoms with Crippen LogP contribution in [0.2, 0.25) is 0 Å². The predicted molar refractivity (Wildman–Crippen MR) is 65.1 cm³/mol. The minimum absolute atomic E-state index is 0. The van der Waals surface area contributed by atoms with Crippen molar-refractivity contribution >= 4 is 28.3 Å². The third-order valence-electron chi connectivity index (χ3n) is 2.30. The molecular formula is C10H13BrClNO2. The van der Waals surface area contributed by atoms with Crippen molar-refractivity contribution in [2.75, 3.05) is 13.7 Å². The van der Waals surface area contributed by atoms with E-state index < -0.39 is 0 Å². The molecule has 0 aliphatic carbocycles. The summed E-state index contributed by atoms with van der Waals surface area (Å²) in [5.41, 5.74) is 6.92. The Balaban J connectivity index is 0.00000112. The van der Waals surface area contributed by atoms with Crippen LogP contribution in [0.5, 0.6) is 11.5 Å². The Bertz CT molecular complexity index is 360. The Morgan fingerprint density at radius 3 is 2.93 bits per heavy atom. The Kier molecular flexibility index (Phi) is 4.25. The molecule has 1 heterocycles. The van der Waals surface area contributed by atoms with Crippen molar-refractivity contribution in [1.29, 1.82) is 0 Å². The van der Waals surface area contributed by atoms with Crippen LogP contribution in [0.1, 0.15) is 5.56 Å². The molecule has 1 atom stereocenters. The van der Waals surface area contributed by atoms with E-state index >= 15 is 0 Å². The SMILES string of the molecule is COc1ccc2c(c1Br)CC(N)CO2.Cl. The van der Waals surface area contributed by atoms with Gasteiger partial charge in [0, 0.05) is 11.6 Å². The van der Waals surface area contributed by atoms with E-state index in [4.69, 9.17) is 15.2 Å². The molecule has 0 spiro atoms. The molecule has 3 nitrogen and oxygen atoms in total. The maximum atomic E-state index is 5.82. The molecule has 1 unspecified atom stereocenters. The van der Waals surface area contributed by atoms with E-state index in [0.29, 0.717) is 6.61 Å². The van der Waals surface area contributed by atoms with E-state index in [1.807, 2.05) is 12.1 Å². The van der Waals surface area contributed by atoms with E-state index in [2.05, 4.69) is 15.9 Å². The summed E-state index contributed by atoms with van der Waals surface area (Å²) in [5, 5.41) is 0. The molecule has 0 radical (unpaired) electrons. The summed E-state index contributed by atoms with van der Waals surface area (Å²) in [6.45, 7) is 0.589. The molecule has 0 fully saturated rings. The highest BCUT2D eigenvalue weighted by Gasteiger charge is 2.20. The zero-order chi connectivity index (χ0) is 10.1. The summed E-state index contributed by atoms with van der Waals surface area (Å²) >= 11 is 3.49. The van der Waals surface area contributed by atoms with Crippen molar-refractivity contribution in [3.05, 3.63) is 22.2 Å². The molecule has 0 saturated heterocycles. The van der Waals surface area contributed by atoms with Crippen molar-refractivity contribution in [3.8, 4) is 11.5 Å². The number of nitrogens with two attached hydrogens (primary N) is 1. The second-order valence-corrected chi connectivity index (χ2v) is 4.13. The number of fused-ring (bicyclic) bond motifs is 1. The van der Waals surface area contributed by atoms with Crippen LogP contribution in [0.15, 0.2) is 16.6 Å². The van der Waals surface area contributed by atoms with Gasteiger partial charge in [-0.2, -0.15) is 0 Å². The molecule has 1 aliphatic rings. The maximum absolute atomic E-state index is 5.82. The molecule has 1 aliphatic heterocycles. The molecule has 0 amide bonds. The van der Waals surface area contributed by atoms with Crippen LogP contribution in [-0.2, 0) is 6.42 Å². The first-order chi connectivity index (χ1) is 6.72. The first-order valence-corrected chi connectivity index (χ1v) is 5.25. The van der Waals surface area contributed by atoms with Crippen LogP contribution in [0.3, 0.4) is 0 Å². The average molecular weight is 295 g/mol. The fourth-order valence-electron chi connectivity index (χ4n) is 1.58. The highest BCUT2D eigenvalue weighted by molar-refractivity contribution is 9.10. The van der Waals surface area contributed by atoms with Gasteiger partial charge in [-0.15, -0.1) is 12.4 Å². The van der Waals surface area contributed by atoms with Gasteiger partial charge < -0.3 is 15.2 Å². The zero-order valence-electron chi connectivity index (χ0n) is 8.33. The molecule has 2 N–H and O–H groups in total. The number of hydrogen-bond acceptors (Lipinski definition) is 3. The van der Waals surface area contributed by atoms with Gasteiger partial charge in [0.15, 0.2) is 0 Å². The van der Waals surface area contributed by atoms with Gasteiger partial charge in [0.2, 0.25) is 0 Å². The van der Waals surface area contributed by atoms with Crippen LogP contribution >= 0.6 is 28.3 Å². The van der Waals surface area contributed by atoms with Crippen molar-refractivity contribution in [3.63, 3.8) is 0 Å². The van der Waals surface area contributed by atoms with Gasteiger partial charge in [0.05, 0.1) is 11.6 Å². The number of ether oxygens (including phenoxy) is 2. The normalized spacial score (nSPS) is 18.5. The van der Waals surface area contributed by atoms with E-state index in [1.165, 1.54) is 0 Å². The van der Waals surface area contributed by atoms with Crippen LogP contribution < -0.4 is 15.2 Å². The Morgan fingerprint density at radius 2 is 2.27 bits per heavy atom. The Morgan fingerprint density at radius 1 is 1.53 bits per heavy atom. The lowest BCUT2D eigenvalue weighted by molar-refractivity contribution is 0.262. The largest absolute Gasteiger partial charge is 0.496 e. The van der Waals surface area contributed by atoms with Gasteiger partial charge in [-0.1, -0.05) is 0 Å². The monoisotopic (exact) mass is 293 g/mol. The van der Waals surface area contributed by atoms with Gasteiger partial charge in [0.1, 0.15) is 18.1 Å². The molecule has 1 aromatic carbocycles. The molecule has 84 valence electrons. The van der Waals surface area contributed by atoms with E-state index in [0.717, 1.165) is 28.0 Å². The summed E-state index contributed by atoms with van der Waals surface area (Å²) in [6, 6.07) is 3.88. The van der Waals surface area contributed by atoms with Crippen molar-refractivity contribution in [2.24, 2.45) is 5.73 Å². The minimum Gasteiger partial charge on any atom is -0.496 e. The Labute approximate surface area is 103 Å². The smallest absolute Gasteiger partial charge is 0.133 e. The van der Waals surface area contributed by atoms with Gasteiger partial charge in [-0.25, -0.2) is 0 Å². The molecule has 0 bridgehead atoms. The summed E-state index contributed by atoms with van der Waals surface area (Å²) in [6.07, 6.45) is 0.827. The number of rotatable bonds is 1. The van der Waals surface area contributed by atoms with E-state index in [-0.39, 0.29) is 18.4 Å². The van der Waals surface area contributed by atoms with Crippen molar-refractivity contribution in [2.45, 2.75) is 12.5 Å². The molecule has 0 saturated carbocycles.